The molecule has 0 spiro atoms. The Morgan fingerprint density at radius 1 is 1.05 bits per heavy atom. The van der Waals surface area contributed by atoms with Crippen LogP contribution in [0.3, 0.4) is 0 Å². The van der Waals surface area contributed by atoms with Gasteiger partial charge in [-0.2, -0.15) is 0 Å². The van der Waals surface area contributed by atoms with Gasteiger partial charge in [0.25, 0.3) is 0 Å². The van der Waals surface area contributed by atoms with Gasteiger partial charge in [0, 0.05) is 12.6 Å². The number of hydrogen-bond acceptors (Lipinski definition) is 5. The molecule has 0 aliphatic heterocycles. The number of ether oxygens (including phenoxy) is 1. The van der Waals surface area contributed by atoms with E-state index >= 15 is 0 Å². The second-order valence-electron chi connectivity index (χ2n) is 10.2. The van der Waals surface area contributed by atoms with Crippen LogP contribution in [0.5, 0.6) is 5.75 Å². The van der Waals surface area contributed by atoms with E-state index in [1.807, 2.05) is 51.1 Å². The second kappa shape index (κ2) is 13.1. The Labute approximate surface area is 227 Å². The molecule has 38 heavy (non-hydrogen) atoms. The van der Waals surface area contributed by atoms with Gasteiger partial charge >= 0.3 is 0 Å². The van der Waals surface area contributed by atoms with Gasteiger partial charge in [-0.3, -0.25) is 13.9 Å². The van der Waals surface area contributed by atoms with Crippen molar-refractivity contribution in [2.75, 3.05) is 24.2 Å². The highest BCUT2D eigenvalue weighted by Gasteiger charge is 2.33. The number of amides is 2. The molecule has 2 aromatic carbocycles. The summed E-state index contributed by atoms with van der Waals surface area (Å²) in [5.74, 6) is -0.00246. The maximum absolute atomic E-state index is 13.9. The van der Waals surface area contributed by atoms with Crippen molar-refractivity contribution in [2.45, 2.75) is 77.9 Å². The van der Waals surface area contributed by atoms with Gasteiger partial charge in [0.2, 0.25) is 21.8 Å². The van der Waals surface area contributed by atoms with Crippen LogP contribution in [0.1, 0.15) is 62.1 Å². The minimum absolute atomic E-state index is 0.0992. The molecular weight excluding hydrogens is 502 g/mol. The number of aryl methyl sites for hydroxylation is 2. The molecule has 1 fully saturated rings. The molecule has 0 unspecified atom stereocenters. The first-order valence-electron chi connectivity index (χ1n) is 13.3. The fourth-order valence-corrected chi connectivity index (χ4v) is 5.77. The Hall–Kier alpha value is -3.07. The van der Waals surface area contributed by atoms with Crippen LogP contribution in [0.25, 0.3) is 0 Å². The summed E-state index contributed by atoms with van der Waals surface area (Å²) < 4.78 is 32.1. The molecule has 1 N–H and O–H groups in total. The molecule has 1 aliphatic rings. The molecular formula is C29H41N3O5S. The zero-order valence-corrected chi connectivity index (χ0v) is 24.0. The number of sulfonamides is 1. The molecule has 3 rings (SSSR count). The highest BCUT2D eigenvalue weighted by atomic mass is 32.2. The molecule has 0 aromatic heterocycles. The fraction of sp³-hybridized carbons (Fsp3) is 0.517. The summed E-state index contributed by atoms with van der Waals surface area (Å²) in [6.45, 7) is 5.46. The summed E-state index contributed by atoms with van der Waals surface area (Å²) in [4.78, 5) is 28.9. The quantitative estimate of drug-likeness (QED) is 0.455. The fourth-order valence-electron chi connectivity index (χ4n) is 4.93. The standard InChI is InChI=1S/C29H41N3O5S/c1-6-27(29(34)30-24-12-8-7-9-13-24)31(19-23-11-10-14-26(18-23)37-4)28(33)20-32(38(5,35)36)25-16-15-21(2)22(3)17-25/h10-11,14-18,24,27H,6-9,12-13,19-20H2,1-5H3,(H,30,34)/t27-/m1/s1. The Bertz CT molecular complexity index is 1220. The lowest BCUT2D eigenvalue weighted by Crippen LogP contribution is -2.53. The van der Waals surface area contributed by atoms with Crippen LogP contribution in [-0.4, -0.2) is 57.1 Å². The van der Waals surface area contributed by atoms with Crippen molar-refractivity contribution in [1.29, 1.82) is 0 Å². The Balaban J connectivity index is 1.94. The summed E-state index contributed by atoms with van der Waals surface area (Å²) in [5, 5.41) is 3.15. The topological polar surface area (TPSA) is 96.0 Å². The first-order valence-corrected chi connectivity index (χ1v) is 15.2. The van der Waals surface area contributed by atoms with Crippen LogP contribution >= 0.6 is 0 Å². The largest absolute Gasteiger partial charge is 0.497 e. The molecule has 0 saturated heterocycles. The Morgan fingerprint density at radius 2 is 1.76 bits per heavy atom. The van der Waals surface area contributed by atoms with E-state index in [0.29, 0.717) is 17.9 Å². The molecule has 1 saturated carbocycles. The van der Waals surface area contributed by atoms with E-state index in [4.69, 9.17) is 4.74 Å². The number of benzene rings is 2. The van der Waals surface area contributed by atoms with Crippen LogP contribution < -0.4 is 14.4 Å². The van der Waals surface area contributed by atoms with Crippen molar-refractivity contribution >= 4 is 27.5 Å². The van der Waals surface area contributed by atoms with E-state index in [1.165, 1.54) is 11.3 Å². The highest BCUT2D eigenvalue weighted by molar-refractivity contribution is 7.92. The van der Waals surface area contributed by atoms with Crippen molar-refractivity contribution in [1.82, 2.24) is 10.2 Å². The normalized spacial score (nSPS) is 15.0. The third kappa shape index (κ3) is 7.72. The number of rotatable bonds is 11. The van der Waals surface area contributed by atoms with Crippen molar-refractivity contribution in [3.63, 3.8) is 0 Å². The van der Waals surface area contributed by atoms with Gasteiger partial charge in [0.1, 0.15) is 18.3 Å². The predicted octanol–water partition coefficient (Wildman–Crippen LogP) is 4.33. The number of anilines is 1. The van der Waals surface area contributed by atoms with Gasteiger partial charge in [-0.1, -0.05) is 44.4 Å². The zero-order chi connectivity index (χ0) is 27.9. The van der Waals surface area contributed by atoms with Gasteiger partial charge < -0.3 is 15.0 Å². The number of nitrogens with zero attached hydrogens (tertiary/aromatic N) is 2. The molecule has 0 bridgehead atoms. The number of nitrogens with one attached hydrogen (secondary N) is 1. The molecule has 0 radical (unpaired) electrons. The van der Waals surface area contributed by atoms with Crippen LogP contribution in [0, 0.1) is 13.8 Å². The van der Waals surface area contributed by atoms with E-state index in [1.54, 1.807) is 19.2 Å². The molecule has 1 atom stereocenters. The van der Waals surface area contributed by atoms with Crippen molar-refractivity contribution in [2.24, 2.45) is 0 Å². The van der Waals surface area contributed by atoms with Crippen LogP contribution in [0.2, 0.25) is 0 Å². The van der Waals surface area contributed by atoms with Gasteiger partial charge in [-0.25, -0.2) is 8.42 Å². The minimum Gasteiger partial charge on any atom is -0.497 e. The maximum Gasteiger partial charge on any atom is 0.244 e. The van der Waals surface area contributed by atoms with Gasteiger partial charge in [-0.15, -0.1) is 0 Å². The summed E-state index contributed by atoms with van der Waals surface area (Å²) in [7, 11) is -2.20. The zero-order valence-electron chi connectivity index (χ0n) is 23.2. The number of carbonyl (C=O) groups is 2. The van der Waals surface area contributed by atoms with E-state index in [-0.39, 0.29) is 18.5 Å². The van der Waals surface area contributed by atoms with E-state index < -0.39 is 28.5 Å². The Morgan fingerprint density at radius 3 is 2.37 bits per heavy atom. The van der Waals surface area contributed by atoms with Crippen molar-refractivity contribution < 1.29 is 22.7 Å². The van der Waals surface area contributed by atoms with E-state index in [9.17, 15) is 18.0 Å². The van der Waals surface area contributed by atoms with Crippen LogP contribution in [0.4, 0.5) is 5.69 Å². The van der Waals surface area contributed by atoms with Crippen molar-refractivity contribution in [3.8, 4) is 5.75 Å². The molecule has 2 aromatic rings. The smallest absolute Gasteiger partial charge is 0.244 e. The van der Waals surface area contributed by atoms with E-state index in [0.717, 1.165) is 52.9 Å². The summed E-state index contributed by atoms with van der Waals surface area (Å²) in [6.07, 6.45) is 6.68. The first kappa shape index (κ1) is 29.5. The minimum atomic E-state index is -3.77. The third-order valence-corrected chi connectivity index (χ3v) is 8.42. The first-order chi connectivity index (χ1) is 18.0. The maximum atomic E-state index is 13.9. The monoisotopic (exact) mass is 543 g/mol. The lowest BCUT2D eigenvalue weighted by Gasteiger charge is -2.34. The summed E-state index contributed by atoms with van der Waals surface area (Å²) in [6, 6.07) is 12.0. The summed E-state index contributed by atoms with van der Waals surface area (Å²) >= 11 is 0. The molecule has 9 heteroatoms. The predicted molar refractivity (Wildman–Crippen MR) is 151 cm³/mol. The van der Waals surface area contributed by atoms with Crippen LogP contribution in [0.15, 0.2) is 42.5 Å². The molecule has 0 heterocycles. The van der Waals surface area contributed by atoms with Gasteiger partial charge in [-0.05, 0) is 74.1 Å². The molecule has 8 nitrogen and oxygen atoms in total. The van der Waals surface area contributed by atoms with Crippen LogP contribution in [-0.2, 0) is 26.2 Å². The van der Waals surface area contributed by atoms with Crippen molar-refractivity contribution in [3.05, 3.63) is 59.2 Å². The van der Waals surface area contributed by atoms with E-state index in [2.05, 4.69) is 5.32 Å². The lowest BCUT2D eigenvalue weighted by atomic mass is 9.95. The SMILES string of the molecule is CC[C@H](C(=O)NC1CCCCC1)N(Cc1cccc(OC)c1)C(=O)CN(c1ccc(C)c(C)c1)S(C)(=O)=O. The molecule has 1 aliphatic carbocycles. The number of hydrogen-bond donors (Lipinski definition) is 1. The van der Waals surface area contributed by atoms with Gasteiger partial charge in [0.15, 0.2) is 0 Å². The second-order valence-corrected chi connectivity index (χ2v) is 12.1. The Kier molecular flexibility index (Phi) is 10.2. The average Bonchev–Trinajstić information content (AvgIpc) is 2.88. The molecule has 208 valence electrons. The third-order valence-electron chi connectivity index (χ3n) is 7.28. The number of carbonyl (C=O) groups excluding carboxylic acids is 2. The molecule has 2 amide bonds. The highest BCUT2D eigenvalue weighted by Crippen LogP contribution is 2.24. The number of methoxy groups -OCH3 is 1. The summed E-state index contributed by atoms with van der Waals surface area (Å²) in [5.41, 5.74) is 3.16. The van der Waals surface area contributed by atoms with Gasteiger partial charge in [0.05, 0.1) is 19.1 Å². The average molecular weight is 544 g/mol. The lowest BCUT2D eigenvalue weighted by molar-refractivity contribution is -0.140.